The van der Waals surface area contributed by atoms with E-state index in [1.807, 2.05) is 7.05 Å². The van der Waals surface area contributed by atoms with Crippen LogP contribution in [0, 0.1) is 0 Å². The third-order valence-corrected chi connectivity index (χ3v) is 6.01. The molecular formula is C21H26ClN5. The third kappa shape index (κ3) is 3.42. The molecule has 4 rings (SSSR count). The first kappa shape index (κ1) is 18.3. The summed E-state index contributed by atoms with van der Waals surface area (Å²) < 4.78 is 3.86. The molecule has 3 heterocycles. The van der Waals surface area contributed by atoms with Crippen molar-refractivity contribution >= 4 is 11.6 Å². The average Bonchev–Trinajstić information content (AvgIpc) is 3.04. The molecule has 1 aliphatic heterocycles. The van der Waals surface area contributed by atoms with E-state index in [0.717, 1.165) is 55.4 Å². The van der Waals surface area contributed by atoms with Crippen molar-refractivity contribution < 1.29 is 0 Å². The Labute approximate surface area is 165 Å². The van der Waals surface area contributed by atoms with E-state index < -0.39 is 0 Å². The van der Waals surface area contributed by atoms with Crippen molar-refractivity contribution in [2.75, 3.05) is 13.1 Å². The highest BCUT2D eigenvalue weighted by molar-refractivity contribution is 6.30. The molecule has 1 aliphatic rings. The number of benzene rings is 1. The summed E-state index contributed by atoms with van der Waals surface area (Å²) in [5.74, 6) is 0. The van der Waals surface area contributed by atoms with Gasteiger partial charge in [0.15, 0.2) is 0 Å². The quantitative estimate of drug-likeness (QED) is 0.690. The van der Waals surface area contributed by atoms with Crippen LogP contribution in [0.1, 0.15) is 29.4 Å². The second-order valence-electron chi connectivity index (χ2n) is 7.23. The number of aromatic nitrogens is 4. The molecule has 0 saturated heterocycles. The summed E-state index contributed by atoms with van der Waals surface area (Å²) in [4.78, 5) is 2.50. The van der Waals surface area contributed by atoms with Gasteiger partial charge in [-0.15, -0.1) is 0 Å². The van der Waals surface area contributed by atoms with Crippen LogP contribution in [0.3, 0.4) is 0 Å². The number of hydrogen-bond donors (Lipinski definition) is 0. The van der Waals surface area contributed by atoms with Crippen LogP contribution in [-0.4, -0.2) is 37.6 Å². The van der Waals surface area contributed by atoms with Crippen LogP contribution < -0.4 is 0 Å². The maximum Gasteiger partial charge on any atom is 0.131 e. The molecule has 27 heavy (non-hydrogen) atoms. The Kier molecular flexibility index (Phi) is 5.06. The first-order chi connectivity index (χ1) is 13.1. The van der Waals surface area contributed by atoms with E-state index >= 15 is 0 Å². The fourth-order valence-corrected chi connectivity index (χ4v) is 4.28. The number of nitrogens with zero attached hydrogens (tertiary/aromatic N) is 5. The first-order valence-corrected chi connectivity index (χ1v) is 9.99. The highest BCUT2D eigenvalue weighted by Crippen LogP contribution is 2.29. The normalized spacial score (nSPS) is 15.0. The monoisotopic (exact) mass is 383 g/mol. The van der Waals surface area contributed by atoms with Gasteiger partial charge in [-0.3, -0.25) is 14.3 Å². The van der Waals surface area contributed by atoms with Gasteiger partial charge >= 0.3 is 0 Å². The summed E-state index contributed by atoms with van der Waals surface area (Å²) in [6.07, 6.45) is 2.92. The highest BCUT2D eigenvalue weighted by atomic mass is 35.5. The molecule has 6 heteroatoms. The fraction of sp³-hybridized carbons (Fsp3) is 0.429. The summed E-state index contributed by atoms with van der Waals surface area (Å²) >= 11 is 6.51. The van der Waals surface area contributed by atoms with Crippen molar-refractivity contribution in [2.24, 2.45) is 14.1 Å². The maximum absolute atomic E-state index is 6.51. The highest BCUT2D eigenvalue weighted by Gasteiger charge is 2.24. The standard InChI is InChI=1S/C21H26ClN5/c1-4-18-17(21(22)26(3)23-18)14-27-12-10-16-19(11-13-27)25(2)24-20(16)15-8-6-5-7-9-15/h5-9H,4,10-14H2,1-3H3. The topological polar surface area (TPSA) is 38.9 Å². The summed E-state index contributed by atoms with van der Waals surface area (Å²) in [5, 5.41) is 10.1. The zero-order valence-corrected chi connectivity index (χ0v) is 17.0. The number of fused-ring (bicyclic) bond motifs is 1. The maximum atomic E-state index is 6.51. The molecule has 0 radical (unpaired) electrons. The number of aryl methyl sites for hydroxylation is 3. The fourth-order valence-electron chi connectivity index (χ4n) is 4.07. The number of hydrogen-bond acceptors (Lipinski definition) is 3. The van der Waals surface area contributed by atoms with Gasteiger partial charge in [0.2, 0.25) is 0 Å². The first-order valence-electron chi connectivity index (χ1n) is 9.61. The molecule has 0 saturated carbocycles. The van der Waals surface area contributed by atoms with Crippen LogP contribution in [0.2, 0.25) is 5.15 Å². The van der Waals surface area contributed by atoms with Crippen molar-refractivity contribution in [2.45, 2.75) is 32.7 Å². The molecule has 142 valence electrons. The predicted molar refractivity (Wildman–Crippen MR) is 109 cm³/mol. The van der Waals surface area contributed by atoms with Crippen LogP contribution in [0.15, 0.2) is 30.3 Å². The van der Waals surface area contributed by atoms with E-state index in [4.69, 9.17) is 16.7 Å². The lowest BCUT2D eigenvalue weighted by Crippen LogP contribution is -2.26. The Morgan fingerprint density at radius 3 is 2.48 bits per heavy atom. The molecule has 0 bridgehead atoms. The van der Waals surface area contributed by atoms with Crippen molar-refractivity contribution in [3.05, 3.63) is 58.0 Å². The lowest BCUT2D eigenvalue weighted by atomic mass is 10.0. The van der Waals surface area contributed by atoms with Gasteiger partial charge < -0.3 is 0 Å². The molecule has 2 aromatic heterocycles. The lowest BCUT2D eigenvalue weighted by molar-refractivity contribution is 0.277. The predicted octanol–water partition coefficient (Wildman–Crippen LogP) is 3.64. The molecule has 5 nitrogen and oxygen atoms in total. The van der Waals surface area contributed by atoms with Crippen LogP contribution in [0.5, 0.6) is 0 Å². The molecule has 0 unspecified atom stereocenters. The van der Waals surface area contributed by atoms with E-state index in [-0.39, 0.29) is 0 Å². The molecule has 0 fully saturated rings. The minimum atomic E-state index is 0.764. The molecule has 3 aromatic rings. The Bertz CT molecular complexity index is 941. The third-order valence-electron chi connectivity index (χ3n) is 5.53. The van der Waals surface area contributed by atoms with Crippen molar-refractivity contribution in [1.29, 1.82) is 0 Å². The summed E-state index contributed by atoms with van der Waals surface area (Å²) in [6.45, 7) is 5.01. The largest absolute Gasteiger partial charge is 0.298 e. The summed E-state index contributed by atoms with van der Waals surface area (Å²) in [5.41, 5.74) is 7.35. The van der Waals surface area contributed by atoms with Crippen molar-refractivity contribution in [3.63, 3.8) is 0 Å². The Morgan fingerprint density at radius 1 is 1.00 bits per heavy atom. The van der Waals surface area contributed by atoms with Gasteiger partial charge in [0.05, 0.1) is 11.4 Å². The van der Waals surface area contributed by atoms with Crippen LogP contribution in [-0.2, 0) is 39.9 Å². The van der Waals surface area contributed by atoms with E-state index in [1.165, 1.54) is 22.4 Å². The molecule has 0 aliphatic carbocycles. The van der Waals surface area contributed by atoms with Gasteiger partial charge in [-0.2, -0.15) is 10.2 Å². The zero-order chi connectivity index (χ0) is 19.0. The van der Waals surface area contributed by atoms with Gasteiger partial charge in [0.25, 0.3) is 0 Å². The zero-order valence-electron chi connectivity index (χ0n) is 16.2. The van der Waals surface area contributed by atoms with E-state index in [0.29, 0.717) is 0 Å². The summed E-state index contributed by atoms with van der Waals surface area (Å²) in [7, 11) is 3.98. The van der Waals surface area contributed by atoms with Crippen LogP contribution in [0.25, 0.3) is 11.3 Å². The molecule has 0 spiro atoms. The van der Waals surface area contributed by atoms with E-state index in [1.54, 1.807) is 4.68 Å². The average molecular weight is 384 g/mol. The van der Waals surface area contributed by atoms with E-state index in [2.05, 4.69) is 59.0 Å². The second kappa shape index (κ2) is 7.49. The minimum absolute atomic E-state index is 0.764. The molecule has 0 atom stereocenters. The summed E-state index contributed by atoms with van der Waals surface area (Å²) in [6, 6.07) is 10.5. The molecule has 1 aromatic carbocycles. The van der Waals surface area contributed by atoms with Gasteiger partial charge in [0, 0.05) is 62.5 Å². The SMILES string of the molecule is CCc1nn(C)c(Cl)c1CN1CCc2c(-c3ccccc3)nn(C)c2CC1. The Hall–Kier alpha value is -2.11. The molecule has 0 N–H and O–H groups in total. The Balaban J connectivity index is 1.58. The number of rotatable bonds is 4. The Morgan fingerprint density at radius 2 is 1.74 bits per heavy atom. The lowest BCUT2D eigenvalue weighted by Gasteiger charge is -2.20. The van der Waals surface area contributed by atoms with Gasteiger partial charge in [-0.05, 0) is 12.8 Å². The van der Waals surface area contributed by atoms with Crippen LogP contribution >= 0.6 is 11.6 Å². The molecule has 0 amide bonds. The van der Waals surface area contributed by atoms with Gasteiger partial charge in [-0.25, -0.2) is 0 Å². The van der Waals surface area contributed by atoms with E-state index in [9.17, 15) is 0 Å². The van der Waals surface area contributed by atoms with Gasteiger partial charge in [0.1, 0.15) is 5.15 Å². The van der Waals surface area contributed by atoms with Crippen LogP contribution in [0.4, 0.5) is 0 Å². The second-order valence-corrected chi connectivity index (χ2v) is 7.59. The van der Waals surface area contributed by atoms with Crippen molar-refractivity contribution in [3.8, 4) is 11.3 Å². The minimum Gasteiger partial charge on any atom is -0.298 e. The number of halogens is 1. The van der Waals surface area contributed by atoms with Gasteiger partial charge in [-0.1, -0.05) is 48.9 Å². The molecular weight excluding hydrogens is 358 g/mol. The smallest absolute Gasteiger partial charge is 0.131 e. The van der Waals surface area contributed by atoms with Crippen molar-refractivity contribution in [1.82, 2.24) is 24.5 Å².